The molecule has 0 spiro atoms. The highest BCUT2D eigenvalue weighted by Gasteiger charge is 2.64. The van der Waals surface area contributed by atoms with E-state index in [1.165, 1.54) is 17.2 Å². The summed E-state index contributed by atoms with van der Waals surface area (Å²) < 4.78 is 7.08. The van der Waals surface area contributed by atoms with Crippen LogP contribution in [0.1, 0.15) is 12.0 Å². The minimum atomic E-state index is -1.93. The Balaban J connectivity index is 1.78. The quantitative estimate of drug-likeness (QED) is 0.373. The molecule has 0 radical (unpaired) electrons. The van der Waals surface area contributed by atoms with Crippen molar-refractivity contribution in [3.05, 3.63) is 48.5 Å². The molecule has 0 aliphatic carbocycles. The maximum Gasteiger partial charge on any atom is 0.234 e. The number of aryl methyl sites for hydroxylation is 1. The summed E-state index contributed by atoms with van der Waals surface area (Å²) >= 11 is 0. The highest BCUT2D eigenvalue weighted by atomic mass is 16.6. The Morgan fingerprint density at radius 3 is 2.64 bits per heavy atom. The zero-order valence-corrected chi connectivity index (χ0v) is 15.0. The third kappa shape index (κ3) is 2.65. The summed E-state index contributed by atoms with van der Waals surface area (Å²) in [6.07, 6.45) is 0.571. The summed E-state index contributed by atoms with van der Waals surface area (Å²) in [5.41, 5.74) is 11.9. The summed E-state index contributed by atoms with van der Waals surface area (Å²) in [5.74, 6) is -1.78. The van der Waals surface area contributed by atoms with Crippen molar-refractivity contribution in [3.63, 3.8) is 0 Å². The van der Waals surface area contributed by atoms with E-state index in [0.717, 1.165) is 5.56 Å². The van der Waals surface area contributed by atoms with Crippen LogP contribution in [-0.4, -0.2) is 59.3 Å². The summed E-state index contributed by atoms with van der Waals surface area (Å²) in [6.45, 7) is -0.516. The van der Waals surface area contributed by atoms with Crippen molar-refractivity contribution in [2.75, 3.05) is 12.3 Å². The second-order valence-corrected chi connectivity index (χ2v) is 6.94. The second kappa shape index (κ2) is 6.76. The predicted octanol–water partition coefficient (Wildman–Crippen LogP) is -0.907. The molecule has 0 bridgehead atoms. The summed E-state index contributed by atoms with van der Waals surface area (Å²) in [6, 6.07) is 9.48. The molecule has 3 heterocycles. The number of aliphatic hydroxyl groups is 3. The van der Waals surface area contributed by atoms with Gasteiger partial charge in [-0.2, -0.15) is 0 Å². The third-order valence-electron chi connectivity index (χ3n) is 5.33. The average Bonchev–Trinajstić information content (AvgIpc) is 3.23. The fourth-order valence-electron chi connectivity index (χ4n) is 3.72. The van der Waals surface area contributed by atoms with Crippen LogP contribution in [0.15, 0.2) is 43.0 Å². The number of nitrogens with zero attached hydrogens (tertiary/aromatic N) is 4. The molecule has 0 unspecified atom stereocenters. The smallest absolute Gasteiger partial charge is 0.234 e. The molecular weight excluding hydrogens is 364 g/mol. The molecule has 28 heavy (non-hydrogen) atoms. The lowest BCUT2D eigenvalue weighted by Crippen LogP contribution is -2.63. The minimum Gasteiger partial charge on any atom is -0.394 e. The van der Waals surface area contributed by atoms with Gasteiger partial charge in [0.15, 0.2) is 17.1 Å². The molecule has 1 aliphatic rings. The Bertz CT molecular complexity index is 983. The molecule has 0 saturated carbocycles. The van der Waals surface area contributed by atoms with Gasteiger partial charge in [-0.25, -0.2) is 15.0 Å². The molecule has 10 heteroatoms. The van der Waals surface area contributed by atoms with Gasteiger partial charge in [0.25, 0.3) is 0 Å². The first-order chi connectivity index (χ1) is 13.4. The number of rotatable bonds is 5. The monoisotopic (exact) mass is 386 g/mol. The summed E-state index contributed by atoms with van der Waals surface area (Å²) in [7, 11) is 0. The van der Waals surface area contributed by atoms with E-state index in [9.17, 15) is 15.3 Å². The molecule has 1 saturated heterocycles. The van der Waals surface area contributed by atoms with Gasteiger partial charge in [0.1, 0.15) is 30.4 Å². The van der Waals surface area contributed by atoms with Gasteiger partial charge >= 0.3 is 0 Å². The number of aliphatic hydroxyl groups excluding tert-OH is 2. The number of hydrogen-bond acceptors (Lipinski definition) is 9. The van der Waals surface area contributed by atoms with Crippen LogP contribution in [0.2, 0.25) is 0 Å². The van der Waals surface area contributed by atoms with E-state index in [1.807, 2.05) is 30.3 Å². The number of aromatic nitrogens is 4. The van der Waals surface area contributed by atoms with Crippen molar-refractivity contribution >= 4 is 17.0 Å². The zero-order valence-electron chi connectivity index (χ0n) is 15.0. The van der Waals surface area contributed by atoms with Gasteiger partial charge in [0.2, 0.25) is 5.85 Å². The fourth-order valence-corrected chi connectivity index (χ4v) is 3.72. The maximum absolute atomic E-state index is 11.5. The number of fused-ring (bicyclic) bond motifs is 1. The molecule has 1 fully saturated rings. The van der Waals surface area contributed by atoms with Gasteiger partial charge in [-0.05, 0) is 18.4 Å². The lowest BCUT2D eigenvalue weighted by atomic mass is 9.84. The standard InChI is InChI=1S/C18H22N6O4/c19-15-13-16(22-9-21-15)24(10-23-13)18(20)17(27,14(26)12(8-25)28-18)7-6-11-4-2-1-3-5-11/h1-5,9-10,12,14,25-27H,6-8,20H2,(H2,19,21,22)/t12-,14-,17-,18+/m1/s1. The number of imidazole rings is 1. The minimum absolute atomic E-state index is 0.0748. The van der Waals surface area contributed by atoms with Crippen molar-refractivity contribution < 1.29 is 20.1 Å². The van der Waals surface area contributed by atoms with E-state index in [4.69, 9.17) is 16.2 Å². The molecule has 1 aromatic carbocycles. The highest BCUT2D eigenvalue weighted by Crippen LogP contribution is 2.44. The predicted molar refractivity (Wildman–Crippen MR) is 99.6 cm³/mol. The van der Waals surface area contributed by atoms with E-state index in [2.05, 4.69) is 15.0 Å². The first-order valence-electron chi connectivity index (χ1n) is 8.86. The van der Waals surface area contributed by atoms with Crippen molar-refractivity contribution in [2.24, 2.45) is 5.73 Å². The Morgan fingerprint density at radius 1 is 1.18 bits per heavy atom. The molecular formula is C18H22N6O4. The first kappa shape index (κ1) is 18.7. The number of nitrogen functional groups attached to an aromatic ring is 1. The number of hydrogen-bond donors (Lipinski definition) is 5. The maximum atomic E-state index is 11.5. The van der Waals surface area contributed by atoms with E-state index in [-0.39, 0.29) is 17.9 Å². The van der Waals surface area contributed by atoms with Crippen LogP contribution in [0.25, 0.3) is 11.2 Å². The van der Waals surface area contributed by atoms with Crippen LogP contribution in [0.3, 0.4) is 0 Å². The van der Waals surface area contributed by atoms with Gasteiger partial charge in [-0.1, -0.05) is 30.3 Å². The Hall–Kier alpha value is -2.63. The molecule has 2 aromatic heterocycles. The first-order valence-corrected chi connectivity index (χ1v) is 8.86. The van der Waals surface area contributed by atoms with Crippen LogP contribution in [-0.2, 0) is 17.0 Å². The van der Waals surface area contributed by atoms with Crippen molar-refractivity contribution in [2.45, 2.75) is 36.5 Å². The van der Waals surface area contributed by atoms with Crippen LogP contribution >= 0.6 is 0 Å². The number of ether oxygens (including phenoxy) is 1. The lowest BCUT2D eigenvalue weighted by Gasteiger charge is -2.39. The number of benzene rings is 1. The van der Waals surface area contributed by atoms with Crippen molar-refractivity contribution in [1.29, 1.82) is 0 Å². The third-order valence-corrected chi connectivity index (χ3v) is 5.33. The van der Waals surface area contributed by atoms with Crippen LogP contribution in [0, 0.1) is 0 Å². The summed E-state index contributed by atoms with van der Waals surface area (Å²) in [4.78, 5) is 12.2. The normalized spacial score (nSPS) is 30.1. The molecule has 10 nitrogen and oxygen atoms in total. The Kier molecular flexibility index (Phi) is 4.52. The lowest BCUT2D eigenvalue weighted by molar-refractivity contribution is -0.194. The topological polar surface area (TPSA) is 166 Å². The number of nitrogens with two attached hydrogens (primary N) is 2. The largest absolute Gasteiger partial charge is 0.394 e. The van der Waals surface area contributed by atoms with Gasteiger partial charge in [-0.3, -0.25) is 10.3 Å². The zero-order chi connectivity index (χ0) is 19.9. The van der Waals surface area contributed by atoms with E-state index >= 15 is 0 Å². The molecule has 4 rings (SSSR count). The molecule has 7 N–H and O–H groups in total. The van der Waals surface area contributed by atoms with E-state index in [1.54, 1.807) is 0 Å². The Morgan fingerprint density at radius 2 is 1.93 bits per heavy atom. The van der Waals surface area contributed by atoms with Crippen LogP contribution < -0.4 is 11.5 Å². The summed E-state index contributed by atoms with van der Waals surface area (Å²) in [5, 5.41) is 31.9. The van der Waals surface area contributed by atoms with Crippen molar-refractivity contribution in [3.8, 4) is 0 Å². The molecule has 1 aliphatic heterocycles. The van der Waals surface area contributed by atoms with Gasteiger partial charge in [0, 0.05) is 0 Å². The number of anilines is 1. The van der Waals surface area contributed by atoms with Gasteiger partial charge < -0.3 is 25.8 Å². The van der Waals surface area contributed by atoms with Crippen LogP contribution in [0.4, 0.5) is 5.82 Å². The second-order valence-electron chi connectivity index (χ2n) is 6.94. The van der Waals surface area contributed by atoms with Gasteiger partial charge in [-0.15, -0.1) is 0 Å². The fraction of sp³-hybridized carbons (Fsp3) is 0.389. The molecule has 0 amide bonds. The van der Waals surface area contributed by atoms with Crippen LogP contribution in [0.5, 0.6) is 0 Å². The van der Waals surface area contributed by atoms with E-state index in [0.29, 0.717) is 11.9 Å². The SMILES string of the molecule is Nc1ncnc2c1ncn2[C@]1(N)O[C@H](CO)[C@@H](O)[C@]1(O)CCc1ccccc1. The molecule has 148 valence electrons. The Labute approximate surface area is 160 Å². The molecule has 4 atom stereocenters. The van der Waals surface area contributed by atoms with E-state index < -0.39 is 30.3 Å². The average molecular weight is 386 g/mol. The highest BCUT2D eigenvalue weighted by molar-refractivity contribution is 5.81. The van der Waals surface area contributed by atoms with Gasteiger partial charge in [0.05, 0.1) is 6.61 Å². The molecule has 3 aromatic rings. The van der Waals surface area contributed by atoms with Crippen molar-refractivity contribution in [1.82, 2.24) is 19.5 Å².